The Morgan fingerprint density at radius 3 is 2.82 bits per heavy atom. The average molecular weight is 303 g/mol. The Bertz CT molecular complexity index is 486. The van der Waals surface area contributed by atoms with Crippen molar-refractivity contribution in [3.05, 3.63) is 30.1 Å². The third kappa shape index (κ3) is 3.65. The maximum absolute atomic E-state index is 11.5. The van der Waals surface area contributed by atoms with E-state index >= 15 is 0 Å². The minimum Gasteiger partial charge on any atom is -0.377 e. The molecule has 0 aromatic carbocycles. The predicted molar refractivity (Wildman–Crippen MR) is 84.1 cm³/mol. The summed E-state index contributed by atoms with van der Waals surface area (Å²) in [4.78, 5) is 18.4. The number of rotatable bonds is 5. The molecule has 0 bridgehead atoms. The molecule has 120 valence electrons. The molecule has 3 rings (SSSR count). The van der Waals surface area contributed by atoms with E-state index in [-0.39, 0.29) is 17.9 Å². The van der Waals surface area contributed by atoms with Gasteiger partial charge < -0.3 is 15.4 Å². The van der Waals surface area contributed by atoms with E-state index in [0.717, 1.165) is 51.0 Å². The van der Waals surface area contributed by atoms with Crippen molar-refractivity contribution in [2.45, 2.75) is 31.8 Å². The molecular formula is C17H25N3O2. The van der Waals surface area contributed by atoms with Crippen molar-refractivity contribution in [2.75, 3.05) is 26.2 Å². The van der Waals surface area contributed by atoms with E-state index in [1.165, 1.54) is 0 Å². The molecule has 2 aliphatic heterocycles. The fourth-order valence-electron chi connectivity index (χ4n) is 3.70. The van der Waals surface area contributed by atoms with Crippen molar-refractivity contribution in [1.29, 1.82) is 0 Å². The van der Waals surface area contributed by atoms with Crippen LogP contribution < -0.4 is 5.73 Å². The van der Waals surface area contributed by atoms with Crippen LogP contribution in [0, 0.1) is 11.8 Å². The van der Waals surface area contributed by atoms with Crippen molar-refractivity contribution in [1.82, 2.24) is 9.88 Å². The molecule has 2 saturated heterocycles. The maximum Gasteiger partial charge on any atom is 0.223 e. The molecule has 2 N–H and O–H groups in total. The largest absolute Gasteiger partial charge is 0.377 e. The monoisotopic (exact) mass is 303 g/mol. The number of nitrogens with zero attached hydrogens (tertiary/aromatic N) is 2. The Morgan fingerprint density at radius 1 is 1.32 bits per heavy atom. The molecule has 0 saturated carbocycles. The number of aromatic nitrogens is 1. The summed E-state index contributed by atoms with van der Waals surface area (Å²) < 4.78 is 5.80. The van der Waals surface area contributed by atoms with E-state index in [0.29, 0.717) is 12.5 Å². The number of likely N-dealkylation sites (tertiary alicyclic amines) is 1. The molecule has 5 heteroatoms. The van der Waals surface area contributed by atoms with Crippen LogP contribution in [-0.2, 0) is 16.0 Å². The van der Waals surface area contributed by atoms with Crippen molar-refractivity contribution in [2.24, 2.45) is 17.6 Å². The number of nitrogens with two attached hydrogens (primary N) is 1. The fraction of sp³-hybridized carbons (Fsp3) is 0.647. The quantitative estimate of drug-likeness (QED) is 0.888. The molecule has 1 aromatic heterocycles. The molecule has 22 heavy (non-hydrogen) atoms. The Hall–Kier alpha value is -1.46. The summed E-state index contributed by atoms with van der Waals surface area (Å²) >= 11 is 0. The normalized spacial score (nSPS) is 27.1. The van der Waals surface area contributed by atoms with E-state index in [4.69, 9.17) is 10.5 Å². The maximum atomic E-state index is 11.5. The molecule has 0 radical (unpaired) electrons. The van der Waals surface area contributed by atoms with Crippen LogP contribution in [0.2, 0.25) is 0 Å². The summed E-state index contributed by atoms with van der Waals surface area (Å²) in [6, 6.07) is 6.07. The van der Waals surface area contributed by atoms with E-state index in [1.54, 1.807) is 0 Å². The summed E-state index contributed by atoms with van der Waals surface area (Å²) in [6.07, 6.45) is 5.88. The highest BCUT2D eigenvalue weighted by Gasteiger charge is 2.39. The smallest absolute Gasteiger partial charge is 0.223 e. The van der Waals surface area contributed by atoms with Gasteiger partial charge in [0.15, 0.2) is 0 Å². The highest BCUT2D eigenvalue weighted by Crippen LogP contribution is 2.32. The van der Waals surface area contributed by atoms with E-state index < -0.39 is 0 Å². The van der Waals surface area contributed by atoms with Gasteiger partial charge in [0.05, 0.1) is 12.0 Å². The number of hydrogen-bond acceptors (Lipinski definition) is 4. The molecule has 1 aromatic rings. The van der Waals surface area contributed by atoms with Crippen LogP contribution in [-0.4, -0.2) is 48.1 Å². The highest BCUT2D eigenvalue weighted by molar-refractivity contribution is 5.77. The zero-order valence-corrected chi connectivity index (χ0v) is 13.0. The van der Waals surface area contributed by atoms with Crippen molar-refractivity contribution in [3.8, 4) is 0 Å². The second-order valence-corrected chi connectivity index (χ2v) is 6.38. The lowest BCUT2D eigenvalue weighted by Gasteiger charge is -2.35. The van der Waals surface area contributed by atoms with Crippen molar-refractivity contribution in [3.63, 3.8) is 0 Å². The number of primary amides is 1. The number of carbonyl (C=O) groups is 1. The SMILES string of the molecule is NC(=O)[C@H]1CCO[C@@H]1C1CCN(CCc2ccccn2)CC1. The average Bonchev–Trinajstić information content (AvgIpc) is 3.04. The van der Waals surface area contributed by atoms with E-state index in [9.17, 15) is 4.79 Å². The Labute approximate surface area is 131 Å². The molecule has 2 fully saturated rings. The molecule has 2 atom stereocenters. The fourth-order valence-corrected chi connectivity index (χ4v) is 3.70. The summed E-state index contributed by atoms with van der Waals surface area (Å²) in [7, 11) is 0. The first-order chi connectivity index (χ1) is 10.7. The van der Waals surface area contributed by atoms with Gasteiger partial charge in [0.25, 0.3) is 0 Å². The third-order valence-corrected chi connectivity index (χ3v) is 5.01. The van der Waals surface area contributed by atoms with Crippen LogP contribution >= 0.6 is 0 Å². The molecule has 2 aliphatic rings. The van der Waals surface area contributed by atoms with Gasteiger partial charge in [0.2, 0.25) is 5.91 Å². The van der Waals surface area contributed by atoms with Gasteiger partial charge in [-0.05, 0) is 50.4 Å². The molecule has 0 spiro atoms. The number of piperidine rings is 1. The zero-order chi connectivity index (χ0) is 15.4. The Balaban J connectivity index is 1.45. The zero-order valence-electron chi connectivity index (χ0n) is 13.0. The lowest BCUT2D eigenvalue weighted by atomic mass is 9.84. The topological polar surface area (TPSA) is 68.5 Å². The lowest BCUT2D eigenvalue weighted by molar-refractivity contribution is -0.124. The number of pyridine rings is 1. The molecule has 5 nitrogen and oxygen atoms in total. The minimum atomic E-state index is -0.194. The second kappa shape index (κ2) is 7.20. The van der Waals surface area contributed by atoms with Gasteiger partial charge in [-0.3, -0.25) is 9.78 Å². The molecular weight excluding hydrogens is 278 g/mol. The summed E-state index contributed by atoms with van der Waals surface area (Å²) in [5.41, 5.74) is 6.65. The standard InChI is InChI=1S/C17H25N3O2/c18-17(21)15-7-12-22-16(15)13-4-9-20(10-5-13)11-6-14-3-1-2-8-19-14/h1-3,8,13,15-16H,4-7,9-12H2,(H2,18,21)/t15-,16+/m0/s1. The lowest BCUT2D eigenvalue weighted by Crippen LogP contribution is -2.42. The number of ether oxygens (including phenoxy) is 1. The third-order valence-electron chi connectivity index (χ3n) is 5.01. The van der Waals surface area contributed by atoms with Gasteiger partial charge in [-0.1, -0.05) is 6.07 Å². The van der Waals surface area contributed by atoms with Gasteiger partial charge >= 0.3 is 0 Å². The van der Waals surface area contributed by atoms with Gasteiger partial charge in [-0.15, -0.1) is 0 Å². The van der Waals surface area contributed by atoms with Crippen LogP contribution in [0.15, 0.2) is 24.4 Å². The first kappa shape index (κ1) is 15.4. The number of hydrogen-bond donors (Lipinski definition) is 1. The highest BCUT2D eigenvalue weighted by atomic mass is 16.5. The second-order valence-electron chi connectivity index (χ2n) is 6.38. The summed E-state index contributed by atoms with van der Waals surface area (Å²) in [5, 5.41) is 0. The molecule has 0 aliphatic carbocycles. The van der Waals surface area contributed by atoms with Gasteiger partial charge in [-0.2, -0.15) is 0 Å². The Morgan fingerprint density at radius 2 is 2.14 bits per heavy atom. The van der Waals surface area contributed by atoms with Crippen LogP contribution in [0.3, 0.4) is 0 Å². The van der Waals surface area contributed by atoms with Crippen LogP contribution in [0.25, 0.3) is 0 Å². The number of amides is 1. The minimum absolute atomic E-state index is 0.0513. The van der Waals surface area contributed by atoms with Gasteiger partial charge in [0.1, 0.15) is 0 Å². The first-order valence-corrected chi connectivity index (χ1v) is 8.27. The molecule has 0 unspecified atom stereocenters. The van der Waals surface area contributed by atoms with Gasteiger partial charge in [-0.25, -0.2) is 0 Å². The Kier molecular flexibility index (Phi) is 5.05. The van der Waals surface area contributed by atoms with Gasteiger partial charge in [0, 0.05) is 31.5 Å². The summed E-state index contributed by atoms with van der Waals surface area (Å²) in [6.45, 7) is 3.87. The van der Waals surface area contributed by atoms with Crippen LogP contribution in [0.4, 0.5) is 0 Å². The van der Waals surface area contributed by atoms with E-state index in [2.05, 4.69) is 16.0 Å². The molecule has 1 amide bonds. The number of carbonyl (C=O) groups excluding carboxylic acids is 1. The van der Waals surface area contributed by atoms with Crippen LogP contribution in [0.1, 0.15) is 25.0 Å². The van der Waals surface area contributed by atoms with Crippen LogP contribution in [0.5, 0.6) is 0 Å². The first-order valence-electron chi connectivity index (χ1n) is 8.27. The van der Waals surface area contributed by atoms with Crippen molar-refractivity contribution < 1.29 is 9.53 Å². The predicted octanol–water partition coefficient (Wildman–Crippen LogP) is 1.23. The molecule has 3 heterocycles. The van der Waals surface area contributed by atoms with E-state index in [1.807, 2.05) is 18.3 Å². The van der Waals surface area contributed by atoms with Crippen molar-refractivity contribution >= 4 is 5.91 Å². The summed E-state index contributed by atoms with van der Waals surface area (Å²) in [5.74, 6) is 0.205.